The molecule has 0 saturated heterocycles. The minimum atomic E-state index is -1.04. The van der Waals surface area contributed by atoms with Gasteiger partial charge >= 0.3 is 0 Å². The quantitative estimate of drug-likeness (QED) is 0.654. The van der Waals surface area contributed by atoms with Crippen LogP contribution in [0.5, 0.6) is 11.5 Å². The van der Waals surface area contributed by atoms with Gasteiger partial charge in [0, 0.05) is 13.2 Å². The summed E-state index contributed by atoms with van der Waals surface area (Å²) in [5, 5.41) is 9.58. The van der Waals surface area contributed by atoms with Crippen molar-refractivity contribution in [2.45, 2.75) is 19.4 Å². The van der Waals surface area contributed by atoms with E-state index in [1.165, 1.54) is 0 Å². The number of benzene rings is 1. The summed E-state index contributed by atoms with van der Waals surface area (Å²) in [6, 6.07) is 5.30. The number of ether oxygens (including phenoxy) is 3. The molecule has 98 valence electrons. The molecule has 0 radical (unpaired) electrons. The van der Waals surface area contributed by atoms with Crippen LogP contribution in [0.15, 0.2) is 18.2 Å². The normalized spacial score (nSPS) is 10.5. The van der Waals surface area contributed by atoms with Crippen molar-refractivity contribution in [3.05, 3.63) is 23.8 Å². The highest BCUT2D eigenvalue weighted by molar-refractivity contribution is 5.50. The van der Waals surface area contributed by atoms with Gasteiger partial charge in [-0.15, -0.1) is 0 Å². The number of hydrogen-bond acceptors (Lipinski definition) is 4. The average molecular weight is 250 g/mol. The first-order valence-electron chi connectivity index (χ1n) is 5.51. The van der Waals surface area contributed by atoms with Crippen LogP contribution in [-0.4, -0.2) is 31.7 Å². The van der Waals surface area contributed by atoms with Crippen LogP contribution in [-0.2, 0) is 4.74 Å². The van der Waals surface area contributed by atoms with Crippen molar-refractivity contribution in [2.75, 3.05) is 21.0 Å². The van der Waals surface area contributed by atoms with E-state index in [0.717, 1.165) is 0 Å². The Hall–Kier alpha value is -1.70. The second kappa shape index (κ2) is 6.29. The van der Waals surface area contributed by atoms with Crippen molar-refractivity contribution < 1.29 is 19.3 Å². The fourth-order valence-electron chi connectivity index (χ4n) is 1.20. The van der Waals surface area contributed by atoms with E-state index in [9.17, 15) is 5.11 Å². The molecule has 0 aliphatic carbocycles. The van der Waals surface area contributed by atoms with Gasteiger partial charge in [-0.3, -0.25) is 0 Å². The molecule has 0 spiro atoms. The lowest BCUT2D eigenvalue weighted by molar-refractivity contribution is 0.0508. The first kappa shape index (κ1) is 14.4. The van der Waals surface area contributed by atoms with Crippen molar-refractivity contribution in [3.8, 4) is 23.3 Å². The van der Waals surface area contributed by atoms with E-state index in [1.54, 1.807) is 46.3 Å². The van der Waals surface area contributed by atoms with Crippen LogP contribution in [0, 0.1) is 11.8 Å². The molecular weight excluding hydrogens is 232 g/mol. The average Bonchev–Trinajstić information content (AvgIpc) is 2.33. The highest BCUT2D eigenvalue weighted by Crippen LogP contribution is 2.24. The van der Waals surface area contributed by atoms with Crippen LogP contribution in [0.3, 0.4) is 0 Å². The maximum Gasteiger partial charge on any atom is 0.188 e. The summed E-state index contributed by atoms with van der Waals surface area (Å²) in [4.78, 5) is 0. The van der Waals surface area contributed by atoms with E-state index in [4.69, 9.17) is 14.2 Å². The predicted octanol–water partition coefficient (Wildman–Crippen LogP) is 1.80. The van der Waals surface area contributed by atoms with E-state index < -0.39 is 5.60 Å². The monoisotopic (exact) mass is 250 g/mol. The molecule has 0 aliphatic heterocycles. The first-order valence-corrected chi connectivity index (χ1v) is 5.51. The molecule has 0 fully saturated rings. The molecule has 1 aromatic rings. The summed E-state index contributed by atoms with van der Waals surface area (Å²) in [5.74, 6) is 6.85. The van der Waals surface area contributed by atoms with Gasteiger partial charge in [0.25, 0.3) is 0 Å². The Bertz CT molecular complexity index is 449. The SMILES string of the molecule is COCOc1cc(OC)ccc1C#CC(C)(C)O. The molecule has 0 aromatic heterocycles. The fourth-order valence-corrected chi connectivity index (χ4v) is 1.20. The number of methoxy groups -OCH3 is 2. The summed E-state index contributed by atoms with van der Waals surface area (Å²) in [6.45, 7) is 3.38. The van der Waals surface area contributed by atoms with Crippen LogP contribution >= 0.6 is 0 Å². The van der Waals surface area contributed by atoms with E-state index in [2.05, 4.69) is 11.8 Å². The first-order chi connectivity index (χ1) is 8.46. The molecule has 0 saturated carbocycles. The van der Waals surface area contributed by atoms with Gasteiger partial charge in [0.2, 0.25) is 0 Å². The molecule has 1 rings (SSSR count). The summed E-state index contributed by atoms with van der Waals surface area (Å²) >= 11 is 0. The van der Waals surface area contributed by atoms with Gasteiger partial charge in [-0.1, -0.05) is 11.8 Å². The maximum atomic E-state index is 9.58. The van der Waals surface area contributed by atoms with Crippen LogP contribution in [0.4, 0.5) is 0 Å². The lowest BCUT2D eigenvalue weighted by Crippen LogP contribution is -2.14. The number of hydrogen-bond donors (Lipinski definition) is 1. The van der Waals surface area contributed by atoms with Crippen LogP contribution in [0.1, 0.15) is 19.4 Å². The van der Waals surface area contributed by atoms with E-state index in [-0.39, 0.29) is 6.79 Å². The predicted molar refractivity (Wildman–Crippen MR) is 68.7 cm³/mol. The summed E-state index contributed by atoms with van der Waals surface area (Å²) in [7, 11) is 3.12. The van der Waals surface area contributed by atoms with Crippen molar-refractivity contribution in [1.29, 1.82) is 0 Å². The van der Waals surface area contributed by atoms with Crippen molar-refractivity contribution in [3.63, 3.8) is 0 Å². The highest BCUT2D eigenvalue weighted by atomic mass is 16.7. The largest absolute Gasteiger partial charge is 0.497 e. The molecular formula is C14H18O4. The third-order valence-electron chi connectivity index (χ3n) is 2.02. The van der Waals surface area contributed by atoms with Crippen molar-refractivity contribution in [1.82, 2.24) is 0 Å². The van der Waals surface area contributed by atoms with Gasteiger partial charge in [-0.2, -0.15) is 0 Å². The molecule has 0 amide bonds. The Labute approximate surface area is 107 Å². The minimum Gasteiger partial charge on any atom is -0.497 e. The van der Waals surface area contributed by atoms with Gasteiger partial charge in [-0.05, 0) is 26.0 Å². The van der Waals surface area contributed by atoms with E-state index in [1.807, 2.05) is 0 Å². The molecule has 0 atom stereocenters. The standard InChI is InChI=1S/C14H18O4/c1-14(2,15)8-7-11-5-6-12(17-4)9-13(11)18-10-16-3/h5-6,9,15H,10H2,1-4H3. The summed E-state index contributed by atoms with van der Waals surface area (Å²) < 4.78 is 15.4. The minimum absolute atomic E-state index is 0.129. The topological polar surface area (TPSA) is 47.9 Å². The van der Waals surface area contributed by atoms with Gasteiger partial charge in [0.1, 0.15) is 17.1 Å². The highest BCUT2D eigenvalue weighted by Gasteiger charge is 2.08. The molecule has 0 heterocycles. The van der Waals surface area contributed by atoms with Gasteiger partial charge in [0.15, 0.2) is 6.79 Å². The van der Waals surface area contributed by atoms with Crippen molar-refractivity contribution in [2.24, 2.45) is 0 Å². The third-order valence-corrected chi connectivity index (χ3v) is 2.02. The molecule has 0 aliphatic rings. The zero-order valence-corrected chi connectivity index (χ0v) is 11.1. The maximum absolute atomic E-state index is 9.58. The van der Waals surface area contributed by atoms with Crippen LogP contribution < -0.4 is 9.47 Å². The van der Waals surface area contributed by atoms with Gasteiger partial charge in [0.05, 0.1) is 12.7 Å². The van der Waals surface area contributed by atoms with Crippen molar-refractivity contribution >= 4 is 0 Å². The molecule has 0 unspecified atom stereocenters. The van der Waals surface area contributed by atoms with Crippen LogP contribution in [0.2, 0.25) is 0 Å². The Morgan fingerprint density at radius 1 is 1.28 bits per heavy atom. The Morgan fingerprint density at radius 2 is 2.00 bits per heavy atom. The Morgan fingerprint density at radius 3 is 2.56 bits per heavy atom. The van der Waals surface area contributed by atoms with E-state index in [0.29, 0.717) is 17.1 Å². The molecule has 4 heteroatoms. The molecule has 18 heavy (non-hydrogen) atoms. The molecule has 0 bridgehead atoms. The summed E-state index contributed by atoms with van der Waals surface area (Å²) in [5.41, 5.74) is -0.367. The van der Waals surface area contributed by atoms with Crippen LogP contribution in [0.25, 0.3) is 0 Å². The zero-order valence-electron chi connectivity index (χ0n) is 11.1. The zero-order chi connectivity index (χ0) is 13.6. The lowest BCUT2D eigenvalue weighted by Gasteiger charge is -2.10. The second-order valence-electron chi connectivity index (χ2n) is 4.22. The lowest BCUT2D eigenvalue weighted by atomic mass is 10.1. The number of rotatable bonds is 4. The smallest absolute Gasteiger partial charge is 0.188 e. The second-order valence-corrected chi connectivity index (χ2v) is 4.22. The number of aliphatic hydroxyl groups is 1. The molecule has 1 aromatic carbocycles. The van der Waals surface area contributed by atoms with E-state index >= 15 is 0 Å². The third kappa shape index (κ3) is 4.66. The van der Waals surface area contributed by atoms with Gasteiger partial charge < -0.3 is 19.3 Å². The van der Waals surface area contributed by atoms with Gasteiger partial charge in [-0.25, -0.2) is 0 Å². The fraction of sp³-hybridized carbons (Fsp3) is 0.429. The molecule has 4 nitrogen and oxygen atoms in total. The Kier molecular flexibility index (Phi) is 5.02. The Balaban J connectivity index is 3.04. The summed E-state index contributed by atoms with van der Waals surface area (Å²) in [6.07, 6.45) is 0. The molecule has 1 N–H and O–H groups in total.